The van der Waals surface area contributed by atoms with Crippen LogP contribution in [0.3, 0.4) is 0 Å². The van der Waals surface area contributed by atoms with Crippen molar-refractivity contribution in [2.75, 3.05) is 0 Å². The van der Waals surface area contributed by atoms with Crippen molar-refractivity contribution in [3.05, 3.63) is 29.6 Å². The van der Waals surface area contributed by atoms with Crippen molar-refractivity contribution in [3.63, 3.8) is 0 Å². The van der Waals surface area contributed by atoms with Crippen LogP contribution in [0.25, 0.3) is 0 Å². The van der Waals surface area contributed by atoms with Gasteiger partial charge >= 0.3 is 12.1 Å². The Morgan fingerprint density at radius 2 is 2.00 bits per heavy atom. The van der Waals surface area contributed by atoms with Crippen molar-refractivity contribution in [1.82, 2.24) is 4.98 Å². The van der Waals surface area contributed by atoms with E-state index in [4.69, 9.17) is 5.11 Å². The van der Waals surface area contributed by atoms with E-state index in [0.29, 0.717) is 6.20 Å². The van der Waals surface area contributed by atoms with E-state index in [1.54, 1.807) is 0 Å². The number of aromatic nitrogens is 1. The quantitative estimate of drug-likeness (QED) is 0.879. The van der Waals surface area contributed by atoms with E-state index in [0.717, 1.165) is 12.3 Å². The van der Waals surface area contributed by atoms with Gasteiger partial charge in [-0.05, 0) is 11.6 Å². The van der Waals surface area contributed by atoms with E-state index >= 15 is 0 Å². The number of carbonyl (C=O) groups is 2. The molecule has 1 aliphatic rings. The summed E-state index contributed by atoms with van der Waals surface area (Å²) in [6, 6.07) is 1.02. The third-order valence-corrected chi connectivity index (χ3v) is 3.05. The molecule has 0 unspecified atom stereocenters. The summed E-state index contributed by atoms with van der Waals surface area (Å²) >= 11 is 0. The first kappa shape index (κ1) is 12.5. The van der Waals surface area contributed by atoms with Gasteiger partial charge in [0.25, 0.3) is 0 Å². The third kappa shape index (κ3) is 1.75. The van der Waals surface area contributed by atoms with Gasteiger partial charge in [0.05, 0.1) is 5.56 Å². The summed E-state index contributed by atoms with van der Waals surface area (Å²) in [6.07, 6.45) is -3.82. The van der Waals surface area contributed by atoms with Crippen LogP contribution in [-0.2, 0) is 21.2 Å². The third-order valence-electron chi connectivity index (χ3n) is 3.05. The van der Waals surface area contributed by atoms with Crippen LogP contribution >= 0.6 is 0 Å². The largest absolute Gasteiger partial charge is 0.481 e. The number of hydrogen-bond acceptors (Lipinski definition) is 3. The molecule has 0 atom stereocenters. The Morgan fingerprint density at radius 3 is 2.44 bits per heavy atom. The predicted molar refractivity (Wildman–Crippen MR) is 52.8 cm³/mol. The fourth-order valence-corrected chi connectivity index (χ4v) is 2.12. The normalized spacial score (nSPS) is 18.3. The number of alkyl halides is 3. The highest BCUT2D eigenvalue weighted by atomic mass is 19.4. The van der Waals surface area contributed by atoms with Crippen LogP contribution in [-0.4, -0.2) is 21.8 Å². The topological polar surface area (TPSA) is 67.3 Å². The van der Waals surface area contributed by atoms with Crippen LogP contribution < -0.4 is 0 Å². The molecule has 0 amide bonds. The second-order valence-corrected chi connectivity index (χ2v) is 4.20. The summed E-state index contributed by atoms with van der Waals surface area (Å²) < 4.78 is 38.3. The van der Waals surface area contributed by atoms with E-state index in [2.05, 4.69) is 4.98 Å². The van der Waals surface area contributed by atoms with Gasteiger partial charge in [-0.2, -0.15) is 13.2 Å². The first-order valence-electron chi connectivity index (χ1n) is 5.04. The number of carbonyl (C=O) groups excluding carboxylic acids is 1. The van der Waals surface area contributed by atoms with E-state index in [1.165, 1.54) is 0 Å². The molecule has 0 spiro atoms. The molecule has 7 heteroatoms. The van der Waals surface area contributed by atoms with Gasteiger partial charge in [-0.1, -0.05) is 0 Å². The highest BCUT2D eigenvalue weighted by Gasteiger charge is 2.54. The molecule has 1 heterocycles. The first-order valence-corrected chi connectivity index (χ1v) is 5.04. The maximum Gasteiger partial charge on any atom is 0.418 e. The molecule has 1 aliphatic carbocycles. The molecule has 1 N–H and O–H groups in total. The lowest BCUT2D eigenvalue weighted by Crippen LogP contribution is -2.49. The van der Waals surface area contributed by atoms with E-state index < -0.39 is 41.5 Å². The van der Waals surface area contributed by atoms with Crippen LogP contribution in [0.1, 0.15) is 24.0 Å². The number of pyridine rings is 1. The lowest BCUT2D eigenvalue weighted by Gasteiger charge is -2.37. The van der Waals surface area contributed by atoms with Crippen LogP contribution in [0, 0.1) is 0 Å². The smallest absolute Gasteiger partial charge is 0.418 e. The molecule has 1 fully saturated rings. The molecule has 1 saturated carbocycles. The van der Waals surface area contributed by atoms with Crippen molar-refractivity contribution < 1.29 is 27.9 Å². The number of nitrogens with zero attached hydrogens (tertiary/aromatic N) is 1. The zero-order valence-electron chi connectivity index (χ0n) is 8.99. The Hall–Kier alpha value is -1.92. The highest BCUT2D eigenvalue weighted by Crippen LogP contribution is 2.46. The molecule has 0 bridgehead atoms. The number of ketones is 1. The Bertz CT molecular complexity index is 517. The number of carboxylic acids is 1. The molecule has 96 valence electrons. The second-order valence-electron chi connectivity index (χ2n) is 4.20. The molecule has 2 rings (SSSR count). The summed E-state index contributed by atoms with van der Waals surface area (Å²) in [5.74, 6) is -1.78. The van der Waals surface area contributed by atoms with Crippen molar-refractivity contribution >= 4 is 11.8 Å². The van der Waals surface area contributed by atoms with Gasteiger partial charge in [0, 0.05) is 25.2 Å². The Labute approximate surface area is 99.4 Å². The number of hydrogen-bond donors (Lipinski definition) is 1. The van der Waals surface area contributed by atoms with Crippen molar-refractivity contribution in [2.45, 2.75) is 24.4 Å². The lowest BCUT2D eigenvalue weighted by molar-refractivity contribution is -0.155. The average molecular weight is 259 g/mol. The van der Waals surface area contributed by atoms with Crippen LogP contribution in [0.15, 0.2) is 18.5 Å². The summed E-state index contributed by atoms with van der Waals surface area (Å²) in [5, 5.41) is 9.11. The molecule has 1 aromatic heterocycles. The molecule has 0 saturated heterocycles. The Kier molecular flexibility index (Phi) is 2.64. The van der Waals surface area contributed by atoms with Crippen molar-refractivity contribution in [2.24, 2.45) is 0 Å². The van der Waals surface area contributed by atoms with E-state index in [1.807, 2.05) is 0 Å². The van der Waals surface area contributed by atoms with Crippen LogP contribution in [0.4, 0.5) is 13.2 Å². The molecular weight excluding hydrogens is 251 g/mol. The minimum Gasteiger partial charge on any atom is -0.481 e. The number of halogens is 3. The van der Waals surface area contributed by atoms with Gasteiger partial charge in [0.1, 0.15) is 11.2 Å². The zero-order chi connectivity index (χ0) is 13.6. The average Bonchev–Trinajstić information content (AvgIpc) is 2.23. The number of rotatable bonds is 2. The monoisotopic (exact) mass is 259 g/mol. The first-order chi connectivity index (χ1) is 8.27. The second kappa shape index (κ2) is 3.79. The van der Waals surface area contributed by atoms with E-state index in [9.17, 15) is 22.8 Å². The minimum atomic E-state index is -4.69. The SMILES string of the molecule is O=C1CC(C(=O)O)(c2ccncc2C(F)(F)F)C1. The number of Topliss-reactive ketones (excluding diaryl/α,β-unsaturated/α-hetero) is 1. The zero-order valence-corrected chi connectivity index (χ0v) is 8.99. The van der Waals surface area contributed by atoms with Crippen molar-refractivity contribution in [3.8, 4) is 0 Å². The summed E-state index contributed by atoms with van der Waals surface area (Å²) in [7, 11) is 0. The molecular formula is C11H8F3NO3. The molecule has 0 radical (unpaired) electrons. The minimum absolute atomic E-state index is 0.359. The van der Waals surface area contributed by atoms with Gasteiger partial charge < -0.3 is 5.11 Å². The summed E-state index contributed by atoms with van der Waals surface area (Å²) in [5.41, 5.74) is -3.25. The van der Waals surface area contributed by atoms with Gasteiger partial charge in [0.15, 0.2) is 0 Å². The van der Waals surface area contributed by atoms with Crippen LogP contribution in [0.5, 0.6) is 0 Å². The number of aliphatic carboxylic acids is 1. The van der Waals surface area contributed by atoms with Gasteiger partial charge in [-0.25, -0.2) is 0 Å². The molecule has 4 nitrogen and oxygen atoms in total. The van der Waals surface area contributed by atoms with Gasteiger partial charge in [0.2, 0.25) is 0 Å². The fraction of sp³-hybridized carbons (Fsp3) is 0.364. The van der Waals surface area contributed by atoms with Crippen molar-refractivity contribution in [1.29, 1.82) is 0 Å². The highest BCUT2D eigenvalue weighted by molar-refractivity contribution is 6.01. The molecule has 0 aliphatic heterocycles. The maximum absolute atomic E-state index is 12.8. The van der Waals surface area contributed by atoms with Gasteiger partial charge in [-0.3, -0.25) is 14.6 Å². The summed E-state index contributed by atoms with van der Waals surface area (Å²) in [4.78, 5) is 25.5. The summed E-state index contributed by atoms with van der Waals surface area (Å²) in [6.45, 7) is 0. The standard InChI is InChI=1S/C11H8F3NO3/c12-11(13,14)8-5-15-2-1-7(8)10(9(17)18)3-6(16)4-10/h1-2,5H,3-4H2,(H,17,18). The van der Waals surface area contributed by atoms with E-state index in [-0.39, 0.29) is 5.78 Å². The molecule has 18 heavy (non-hydrogen) atoms. The molecule has 0 aromatic carbocycles. The van der Waals surface area contributed by atoms with Crippen LogP contribution in [0.2, 0.25) is 0 Å². The predicted octanol–water partition coefficient (Wildman–Crippen LogP) is 1.79. The van der Waals surface area contributed by atoms with Gasteiger partial charge in [-0.15, -0.1) is 0 Å². The maximum atomic E-state index is 12.8. The Balaban J connectivity index is 2.57. The Morgan fingerprint density at radius 1 is 1.39 bits per heavy atom. The molecule has 1 aromatic rings. The number of carboxylic acid groups (broad SMARTS) is 1. The lowest BCUT2D eigenvalue weighted by atomic mass is 9.63. The fourth-order valence-electron chi connectivity index (χ4n) is 2.12.